The van der Waals surface area contributed by atoms with Gasteiger partial charge >= 0.3 is 6.01 Å². The van der Waals surface area contributed by atoms with E-state index >= 15 is 0 Å². The Morgan fingerprint density at radius 2 is 2.27 bits per heavy atom. The molecule has 1 N–H and O–H groups in total. The van der Waals surface area contributed by atoms with E-state index < -0.39 is 0 Å². The van der Waals surface area contributed by atoms with E-state index in [1.807, 2.05) is 25.3 Å². The van der Waals surface area contributed by atoms with Crippen molar-refractivity contribution in [2.24, 2.45) is 0 Å². The lowest BCUT2D eigenvalue weighted by Crippen LogP contribution is -2.06. The van der Waals surface area contributed by atoms with Crippen LogP contribution in [0.15, 0.2) is 35.0 Å². The fourth-order valence-corrected chi connectivity index (χ4v) is 3.01. The summed E-state index contributed by atoms with van der Waals surface area (Å²) in [7, 11) is 0. The van der Waals surface area contributed by atoms with Crippen molar-refractivity contribution in [3.63, 3.8) is 0 Å². The number of aryl methyl sites for hydroxylation is 1. The molecule has 0 aliphatic rings. The lowest BCUT2D eigenvalue weighted by molar-refractivity contribution is 0.429. The molecule has 3 rings (SSSR count). The van der Waals surface area contributed by atoms with Gasteiger partial charge in [0.25, 0.3) is 0 Å². The second-order valence-corrected chi connectivity index (χ2v) is 6.40. The molecule has 0 bridgehead atoms. The van der Waals surface area contributed by atoms with Gasteiger partial charge in [-0.15, -0.1) is 11.3 Å². The van der Waals surface area contributed by atoms with Crippen LogP contribution < -0.4 is 5.32 Å². The summed E-state index contributed by atoms with van der Waals surface area (Å²) >= 11 is 7.66. The summed E-state index contributed by atoms with van der Waals surface area (Å²) in [5, 5.41) is 8.78. The summed E-state index contributed by atoms with van der Waals surface area (Å²) in [4.78, 5) is 10.0. The molecular formula is C15H15ClN4OS. The van der Waals surface area contributed by atoms with E-state index in [0.29, 0.717) is 16.9 Å². The smallest absolute Gasteiger partial charge is 0.322 e. The number of benzene rings is 1. The zero-order valence-corrected chi connectivity index (χ0v) is 13.8. The van der Waals surface area contributed by atoms with Crippen LogP contribution >= 0.6 is 22.9 Å². The van der Waals surface area contributed by atoms with E-state index in [4.69, 9.17) is 16.1 Å². The average Bonchev–Trinajstić information content (AvgIpc) is 3.16. The van der Waals surface area contributed by atoms with Crippen molar-refractivity contribution in [3.8, 4) is 11.4 Å². The van der Waals surface area contributed by atoms with E-state index in [2.05, 4.69) is 27.4 Å². The molecule has 2 aromatic heterocycles. The molecule has 0 saturated heterocycles. The Bertz CT molecular complexity index is 770. The van der Waals surface area contributed by atoms with Gasteiger partial charge in [0.2, 0.25) is 5.82 Å². The Labute approximate surface area is 137 Å². The Morgan fingerprint density at radius 3 is 3.00 bits per heavy atom. The molecule has 0 fully saturated rings. The standard InChI is InChI=1S/C15H15ClN4OS/c1-3-12-8-17-14(22-12)9(2)18-15-19-13(20-21-15)10-5-4-6-11(16)7-10/h4-9H,3H2,1-2H3,(H,18,19,20). The van der Waals surface area contributed by atoms with Gasteiger partial charge in [-0.25, -0.2) is 4.98 Å². The van der Waals surface area contributed by atoms with Gasteiger partial charge in [0.05, 0.1) is 6.04 Å². The lowest BCUT2D eigenvalue weighted by Gasteiger charge is -2.07. The average molecular weight is 335 g/mol. The summed E-state index contributed by atoms with van der Waals surface area (Å²) in [5.41, 5.74) is 0.819. The number of rotatable bonds is 5. The number of aromatic nitrogens is 3. The molecule has 3 aromatic rings. The molecule has 2 heterocycles. The largest absolute Gasteiger partial charge is 0.329 e. The van der Waals surface area contributed by atoms with Crippen LogP contribution in [0, 0.1) is 0 Å². The maximum absolute atomic E-state index is 5.97. The fraction of sp³-hybridized carbons (Fsp3) is 0.267. The maximum Gasteiger partial charge on any atom is 0.322 e. The van der Waals surface area contributed by atoms with Gasteiger partial charge in [-0.3, -0.25) is 0 Å². The quantitative estimate of drug-likeness (QED) is 0.739. The van der Waals surface area contributed by atoms with Crippen LogP contribution in [0.25, 0.3) is 11.4 Å². The van der Waals surface area contributed by atoms with Gasteiger partial charge in [0, 0.05) is 21.7 Å². The topological polar surface area (TPSA) is 63.8 Å². The number of halogens is 1. The first-order valence-corrected chi connectivity index (χ1v) is 8.16. The predicted octanol–water partition coefficient (Wildman–Crippen LogP) is 4.58. The summed E-state index contributed by atoms with van der Waals surface area (Å²) in [6.45, 7) is 4.13. The van der Waals surface area contributed by atoms with Gasteiger partial charge in [-0.2, -0.15) is 4.98 Å². The summed E-state index contributed by atoms with van der Waals surface area (Å²) < 4.78 is 5.25. The minimum absolute atomic E-state index is 0.0120. The number of hydrogen-bond donors (Lipinski definition) is 1. The number of hydrogen-bond acceptors (Lipinski definition) is 6. The lowest BCUT2D eigenvalue weighted by atomic mass is 10.2. The molecule has 0 spiro atoms. The van der Waals surface area contributed by atoms with Crippen molar-refractivity contribution in [2.75, 3.05) is 5.32 Å². The van der Waals surface area contributed by atoms with Crippen molar-refractivity contribution in [1.29, 1.82) is 0 Å². The third-order valence-corrected chi connectivity index (χ3v) is 4.70. The minimum atomic E-state index is 0.0120. The molecular weight excluding hydrogens is 320 g/mol. The predicted molar refractivity (Wildman–Crippen MR) is 88.3 cm³/mol. The maximum atomic E-state index is 5.97. The van der Waals surface area contributed by atoms with Crippen molar-refractivity contribution in [3.05, 3.63) is 45.4 Å². The number of thiazole rings is 1. The highest BCUT2D eigenvalue weighted by Gasteiger charge is 2.14. The molecule has 0 aliphatic heterocycles. The molecule has 1 atom stereocenters. The van der Waals surface area contributed by atoms with Crippen LogP contribution in [0.2, 0.25) is 5.02 Å². The molecule has 114 valence electrons. The van der Waals surface area contributed by atoms with Gasteiger partial charge in [0.1, 0.15) is 5.01 Å². The zero-order chi connectivity index (χ0) is 15.5. The van der Waals surface area contributed by atoms with Crippen LogP contribution in [0.5, 0.6) is 0 Å². The van der Waals surface area contributed by atoms with E-state index in [9.17, 15) is 0 Å². The Balaban J connectivity index is 1.74. The third kappa shape index (κ3) is 3.28. The monoisotopic (exact) mass is 334 g/mol. The minimum Gasteiger partial charge on any atom is -0.329 e. The van der Waals surface area contributed by atoms with E-state index in [1.54, 1.807) is 23.5 Å². The summed E-state index contributed by atoms with van der Waals surface area (Å²) in [6, 6.07) is 7.73. The molecule has 1 aromatic carbocycles. The Hall–Kier alpha value is -1.92. The molecule has 7 heteroatoms. The Kier molecular flexibility index (Phi) is 4.40. The zero-order valence-electron chi connectivity index (χ0n) is 12.2. The molecule has 0 aliphatic carbocycles. The molecule has 0 amide bonds. The fourth-order valence-electron chi connectivity index (χ4n) is 1.96. The van der Waals surface area contributed by atoms with Gasteiger partial charge in [-0.05, 0) is 25.5 Å². The van der Waals surface area contributed by atoms with Crippen molar-refractivity contribution in [1.82, 2.24) is 15.1 Å². The second-order valence-electron chi connectivity index (χ2n) is 4.82. The first-order valence-electron chi connectivity index (χ1n) is 6.96. The Morgan fingerprint density at radius 1 is 1.41 bits per heavy atom. The molecule has 22 heavy (non-hydrogen) atoms. The van der Waals surface area contributed by atoms with Crippen LogP contribution in [0.4, 0.5) is 6.01 Å². The van der Waals surface area contributed by atoms with Gasteiger partial charge in [0.15, 0.2) is 0 Å². The van der Waals surface area contributed by atoms with Gasteiger partial charge in [-0.1, -0.05) is 35.8 Å². The van der Waals surface area contributed by atoms with Crippen molar-refractivity contribution in [2.45, 2.75) is 26.3 Å². The van der Waals surface area contributed by atoms with Crippen LogP contribution in [0.3, 0.4) is 0 Å². The van der Waals surface area contributed by atoms with Crippen LogP contribution in [0.1, 0.15) is 29.8 Å². The normalized spacial score (nSPS) is 12.3. The molecule has 0 radical (unpaired) electrons. The first kappa shape index (κ1) is 15.0. The van der Waals surface area contributed by atoms with Crippen molar-refractivity contribution < 1.29 is 4.52 Å². The second kappa shape index (κ2) is 6.46. The molecule has 1 unspecified atom stereocenters. The SMILES string of the molecule is CCc1cnc(C(C)Nc2nc(-c3cccc(Cl)c3)no2)s1. The van der Waals surface area contributed by atoms with Crippen LogP contribution in [-0.4, -0.2) is 15.1 Å². The van der Waals surface area contributed by atoms with E-state index in [1.165, 1.54) is 4.88 Å². The highest BCUT2D eigenvalue weighted by Crippen LogP contribution is 2.25. The third-order valence-electron chi connectivity index (χ3n) is 3.14. The number of nitrogens with zero attached hydrogens (tertiary/aromatic N) is 3. The van der Waals surface area contributed by atoms with Crippen molar-refractivity contribution >= 4 is 29.0 Å². The summed E-state index contributed by atoms with van der Waals surface area (Å²) in [5.74, 6) is 0.505. The van der Waals surface area contributed by atoms with Crippen LogP contribution in [-0.2, 0) is 6.42 Å². The van der Waals surface area contributed by atoms with E-state index in [-0.39, 0.29) is 6.04 Å². The molecule has 5 nitrogen and oxygen atoms in total. The van der Waals surface area contributed by atoms with E-state index in [0.717, 1.165) is 17.0 Å². The number of anilines is 1. The highest BCUT2D eigenvalue weighted by molar-refractivity contribution is 7.11. The highest BCUT2D eigenvalue weighted by atomic mass is 35.5. The van der Waals surface area contributed by atoms with Gasteiger partial charge < -0.3 is 9.84 Å². The first-order chi connectivity index (χ1) is 10.7. The molecule has 0 saturated carbocycles. The summed E-state index contributed by atoms with van der Waals surface area (Å²) in [6.07, 6.45) is 2.90. The number of nitrogens with one attached hydrogen (secondary N) is 1.